The van der Waals surface area contributed by atoms with Gasteiger partial charge in [-0.3, -0.25) is 115 Å². The number of rotatable bonds is 24. The van der Waals surface area contributed by atoms with Crippen molar-refractivity contribution in [3.63, 3.8) is 0 Å². The summed E-state index contributed by atoms with van der Waals surface area (Å²) in [5, 5.41) is 7.46. The molecule has 0 aromatic heterocycles. The number of amides is 16. The van der Waals surface area contributed by atoms with Crippen LogP contribution in [0.25, 0.3) is 0 Å². The van der Waals surface area contributed by atoms with E-state index < -0.39 is 47.3 Å². The number of imide groups is 8. The quantitative estimate of drug-likeness (QED) is 0.0507. The summed E-state index contributed by atoms with van der Waals surface area (Å²) in [6.45, 7) is 6.79. The molecular weight excluding hydrogens is 1900 g/mol. The Morgan fingerprint density at radius 1 is 0.301 bits per heavy atom. The van der Waals surface area contributed by atoms with Gasteiger partial charge in [0.05, 0.1) is 124 Å². The molecule has 22 rings (SSSR count). The Bertz CT molecular complexity index is 5800. The summed E-state index contributed by atoms with van der Waals surface area (Å²) in [6.07, 6.45) is 15.2. The second-order valence-electron chi connectivity index (χ2n) is 37.4. The summed E-state index contributed by atoms with van der Waals surface area (Å²) >= 11 is 5.75. The third-order valence-corrected chi connectivity index (χ3v) is 29.3. The van der Waals surface area contributed by atoms with Crippen LogP contribution in [0.4, 0.5) is 0 Å². The first kappa shape index (κ1) is 110. The van der Waals surface area contributed by atoms with E-state index in [1.54, 1.807) is 36.4 Å². The molecule has 8 saturated heterocycles. The van der Waals surface area contributed by atoms with Gasteiger partial charge >= 0.3 is 0 Å². The molecule has 8 aliphatic heterocycles. The molecular formula is C111H125ClN8O26. The number of halogens is 1. The number of carbonyl (C=O) groups is 16. The predicted octanol–water partition coefficient (Wildman–Crippen LogP) is 15.2. The lowest BCUT2D eigenvalue weighted by molar-refractivity contribution is -0.184. The molecule has 14 unspecified atom stereocenters. The van der Waals surface area contributed by atoms with E-state index in [0.717, 1.165) is 146 Å². The molecule has 35 heteroatoms. The first-order chi connectivity index (χ1) is 70.4. The maximum atomic E-state index is 12.6. The summed E-state index contributed by atoms with van der Waals surface area (Å²) in [6, 6.07) is 64.9. The van der Waals surface area contributed by atoms with Gasteiger partial charge in [-0.25, -0.2) is 0 Å². The molecule has 0 radical (unpaired) electrons. The normalized spacial score (nSPS) is 25.2. The van der Waals surface area contributed by atoms with Crippen molar-refractivity contribution in [1.82, 2.24) is 40.5 Å². The van der Waals surface area contributed by atoms with E-state index in [-0.39, 0.29) is 139 Å². The van der Waals surface area contributed by atoms with Crippen molar-refractivity contribution >= 4 is 106 Å². The zero-order chi connectivity index (χ0) is 105. The Morgan fingerprint density at radius 3 is 1.06 bits per heavy atom. The maximum absolute atomic E-state index is 12.6. The Morgan fingerprint density at radius 2 is 0.651 bits per heavy atom. The van der Waals surface area contributed by atoms with E-state index in [0.29, 0.717) is 41.2 Å². The number of benzene rings is 8. The molecule has 6 saturated carbocycles. The molecule has 4 bridgehead atoms. The molecule has 16 amide bonds. The number of hydrogen-bond acceptors (Lipinski definition) is 26. The maximum Gasteiger partial charge on any atom is 0.262 e. The standard InChI is InChI=1S/C19H27NO3.C17H15NO3.C15H19NO3.C14H17NO4.C12H13NO4.C12H13NO3.C11H10ClNO3.C11H11NO3/c1-23-20-16(21)9-15(19(20)22)14-8-12-6-7-13(14)18-11-4-2-10(3-5-11)17(12)18;1-21-18-16(19)14(12-8-4-2-5-9-12)15(17(18)20)13-10-6-3-7-11-13;1-3-4-6-11-7-5-8-12(9-11)13-10-14(17)16(19-2)15(13)18;1-3-7-19-11-6-4-5-10(8-11)12-9-13(16)15(18-2)14(12)17;1-16-10-6-4-3-5-8(10)9-7-11(14)13(17-2)12(9)15;1-8-3-5-9(6-4-8)10-7-11(14)13(16-2)12(10)15;1-16-13-10(14)6-9(11(13)15)7-2-4-8(12)5-3-7;1-15-12-10(13)7-9(11(12)14)8-5-3-2-4-6-8/h10-15,17-18H,2-9H2,1H3;2-11,14-15H,1H3;5,7-9,13H,3-4,6,10H2,1-2H3;4-6,8,12H,3,7,9H2,1-2H3;3-6,9H,7H2,1-2H3;3-6,10H,7H2,1-2H3;2-5,9H,6H2,1H3;2-6,9H,7H2,1H3. The van der Waals surface area contributed by atoms with Crippen LogP contribution in [0, 0.1) is 54.3 Å². The molecule has 6 aliphatic carbocycles. The highest BCUT2D eigenvalue weighted by molar-refractivity contribution is 6.30. The molecule has 14 aliphatic rings. The number of nitrogens with zero attached hydrogens (tertiary/aromatic N) is 8. The van der Waals surface area contributed by atoms with E-state index in [1.165, 1.54) is 114 Å². The number of hydroxylamine groups is 16. The van der Waals surface area contributed by atoms with E-state index in [4.69, 9.17) is 59.8 Å². The minimum atomic E-state index is -0.541. The number of methoxy groups -OCH3 is 1. The minimum Gasteiger partial charge on any atom is -0.496 e. The average molecular weight is 2020 g/mol. The van der Waals surface area contributed by atoms with Crippen LogP contribution in [-0.2, 0) is 122 Å². The lowest BCUT2D eigenvalue weighted by Crippen LogP contribution is -2.56. The molecule has 8 aromatic rings. The molecule has 34 nitrogen and oxygen atoms in total. The van der Waals surface area contributed by atoms with E-state index in [1.807, 2.05) is 184 Å². The summed E-state index contributed by atoms with van der Waals surface area (Å²) in [4.78, 5) is 229. The molecule has 8 aromatic carbocycles. The highest BCUT2D eigenvalue weighted by Crippen LogP contribution is 2.66. The predicted molar refractivity (Wildman–Crippen MR) is 528 cm³/mol. The SMILES string of the molecule is CCCCc1cccc(C2CC(=O)N(OC)C2=O)c1.CCCOc1cccc(C2CC(=O)N(OC)C2=O)c1.CON1C(=O)C(c2ccccc2)C(c2ccccc2)C1=O.CON1C(=O)CC(C2CC3CCC2C2C4CCC(CC4)C32)C1=O.CON1C(=O)CC(c2ccc(C)cc2)C1=O.CON1C(=O)CC(c2ccc(Cl)cc2)C1=O.CON1C(=O)CC(c2ccccc2)C1=O.COc1ccccc1C1CC(=O)N(OC)C1=O. The fraction of sp³-hybridized carbons (Fsp3) is 0.423. The second-order valence-corrected chi connectivity index (χ2v) is 37.8. The van der Waals surface area contributed by atoms with E-state index >= 15 is 0 Å². The van der Waals surface area contributed by atoms with Gasteiger partial charge in [-0.1, -0.05) is 219 Å². The van der Waals surface area contributed by atoms with Crippen LogP contribution in [0.3, 0.4) is 0 Å². The second kappa shape index (κ2) is 51.0. The minimum absolute atomic E-state index is 0.0624. The topological polar surface area (TPSA) is 391 Å². The van der Waals surface area contributed by atoms with Crippen molar-refractivity contribution < 1.29 is 125 Å². The third-order valence-electron chi connectivity index (χ3n) is 29.1. The largest absolute Gasteiger partial charge is 0.496 e. The highest BCUT2D eigenvalue weighted by Gasteiger charge is 2.61. The summed E-state index contributed by atoms with van der Waals surface area (Å²) < 4.78 is 10.7. The van der Waals surface area contributed by atoms with Crippen LogP contribution in [-0.4, -0.2) is 206 Å². The monoisotopic (exact) mass is 2020 g/mol. The number of aryl methyl sites for hydroxylation is 2. The number of carbonyl (C=O) groups excluding carboxylic acids is 16. The first-order valence-electron chi connectivity index (χ1n) is 49.1. The Kier molecular flexibility index (Phi) is 38.3. The van der Waals surface area contributed by atoms with Crippen molar-refractivity contribution in [2.45, 2.75) is 184 Å². The van der Waals surface area contributed by atoms with Crippen molar-refractivity contribution in [1.29, 1.82) is 0 Å². The van der Waals surface area contributed by atoms with Crippen molar-refractivity contribution in [3.8, 4) is 11.5 Å². The molecule has 772 valence electrons. The molecule has 14 fully saturated rings. The van der Waals surface area contributed by atoms with Gasteiger partial charge < -0.3 is 9.47 Å². The van der Waals surface area contributed by atoms with Crippen LogP contribution in [0.15, 0.2) is 212 Å². The van der Waals surface area contributed by atoms with E-state index in [2.05, 4.69) is 13.0 Å². The van der Waals surface area contributed by atoms with Gasteiger partial charge in [0.15, 0.2) is 0 Å². The smallest absolute Gasteiger partial charge is 0.262 e. The zero-order valence-corrected chi connectivity index (χ0v) is 84.7. The number of ether oxygens (including phenoxy) is 2. The van der Waals surface area contributed by atoms with Crippen LogP contribution in [0.5, 0.6) is 11.5 Å². The number of hydrogen-bond donors (Lipinski definition) is 0. The van der Waals surface area contributed by atoms with Gasteiger partial charge in [0.25, 0.3) is 94.5 Å². The number of unbranched alkanes of at least 4 members (excludes halogenated alkanes) is 1. The molecule has 0 N–H and O–H groups in total. The zero-order valence-electron chi connectivity index (χ0n) is 84.0. The summed E-state index contributed by atoms with van der Waals surface area (Å²) in [7, 11) is 12.2. The van der Waals surface area contributed by atoms with Crippen molar-refractivity contribution in [3.05, 3.63) is 273 Å². The Hall–Kier alpha value is -13.6. The van der Waals surface area contributed by atoms with Gasteiger partial charge in [-0.15, -0.1) is 0 Å². The van der Waals surface area contributed by atoms with Gasteiger partial charge in [-0.2, -0.15) is 40.5 Å². The van der Waals surface area contributed by atoms with E-state index in [9.17, 15) is 76.7 Å². The lowest BCUT2D eigenvalue weighted by Gasteiger charge is -2.63. The molecule has 146 heavy (non-hydrogen) atoms. The van der Waals surface area contributed by atoms with Gasteiger partial charge in [-0.05, 0) is 187 Å². The first-order valence-corrected chi connectivity index (χ1v) is 49.5. The number of fused-ring (bicyclic) bond motifs is 4. The molecule has 14 atom stereocenters. The Balaban J connectivity index is 0.000000140. The molecule has 8 heterocycles. The van der Waals surface area contributed by atoms with Crippen molar-refractivity contribution in [2.75, 3.05) is 70.6 Å². The van der Waals surface area contributed by atoms with Crippen LogP contribution >= 0.6 is 11.6 Å². The van der Waals surface area contributed by atoms with Crippen LogP contribution in [0.1, 0.15) is 226 Å². The fourth-order valence-corrected chi connectivity index (χ4v) is 22.4. The summed E-state index contributed by atoms with van der Waals surface area (Å²) in [5.74, 6) is -1.27. The Labute approximate surface area is 853 Å². The molecule has 0 spiro atoms. The van der Waals surface area contributed by atoms with Gasteiger partial charge in [0.1, 0.15) is 11.5 Å². The van der Waals surface area contributed by atoms with Crippen molar-refractivity contribution in [2.24, 2.45) is 47.3 Å². The summed E-state index contributed by atoms with van der Waals surface area (Å²) in [5.41, 5.74) is 8.90. The van der Waals surface area contributed by atoms with Gasteiger partial charge in [0.2, 0.25) is 0 Å². The highest BCUT2D eigenvalue weighted by atomic mass is 35.5. The number of para-hydroxylation sites is 1. The average Bonchev–Trinajstić information content (AvgIpc) is 1.46. The fourth-order valence-electron chi connectivity index (χ4n) is 22.3. The third kappa shape index (κ3) is 24.5. The van der Waals surface area contributed by atoms with Gasteiger partial charge in [0, 0.05) is 55.5 Å². The van der Waals surface area contributed by atoms with Crippen LogP contribution < -0.4 is 9.47 Å². The van der Waals surface area contributed by atoms with Crippen LogP contribution in [0.2, 0.25) is 5.02 Å². The lowest BCUT2D eigenvalue weighted by atomic mass is 9.42.